The summed E-state index contributed by atoms with van der Waals surface area (Å²) in [4.78, 5) is 25.7. The highest BCUT2D eigenvalue weighted by Crippen LogP contribution is 2.30. The third-order valence-electron chi connectivity index (χ3n) is 5.18. The van der Waals surface area contributed by atoms with E-state index in [1.54, 1.807) is 18.2 Å². The first-order valence-electron chi connectivity index (χ1n) is 11.0. The van der Waals surface area contributed by atoms with Crippen LogP contribution in [-0.2, 0) is 22.7 Å². The van der Waals surface area contributed by atoms with E-state index >= 15 is 0 Å². The highest BCUT2D eigenvalue weighted by atomic mass is 16.6. The Kier molecular flexibility index (Phi) is 7.60. The first kappa shape index (κ1) is 23.4. The van der Waals surface area contributed by atoms with E-state index in [9.17, 15) is 9.59 Å². The number of nitrogens with zero attached hydrogens (tertiary/aromatic N) is 1. The number of ether oxygens (including phenoxy) is 2. The predicted octanol–water partition coefficient (Wildman–Crippen LogP) is 5.92. The van der Waals surface area contributed by atoms with Crippen molar-refractivity contribution in [1.82, 2.24) is 5.43 Å². The van der Waals surface area contributed by atoms with Crippen LogP contribution in [0.25, 0.3) is 11.1 Å². The number of anilines is 2. The molecule has 0 fully saturated rings. The molecular formula is C28H25N3O4. The van der Waals surface area contributed by atoms with E-state index < -0.39 is 12.2 Å². The summed E-state index contributed by atoms with van der Waals surface area (Å²) in [7, 11) is 0. The first-order valence-corrected chi connectivity index (χ1v) is 11.0. The van der Waals surface area contributed by atoms with Gasteiger partial charge in [0.05, 0.1) is 5.69 Å². The van der Waals surface area contributed by atoms with E-state index in [2.05, 4.69) is 5.43 Å². The number of carbonyl (C=O) groups excluding carboxylic acids is 2. The zero-order valence-corrected chi connectivity index (χ0v) is 19.0. The fraction of sp³-hybridized carbons (Fsp3) is 0.0714. The van der Waals surface area contributed by atoms with Gasteiger partial charge >= 0.3 is 12.2 Å². The maximum Gasteiger partial charge on any atom is 0.433 e. The van der Waals surface area contributed by atoms with Crippen molar-refractivity contribution in [1.29, 1.82) is 0 Å². The van der Waals surface area contributed by atoms with Crippen LogP contribution in [0.5, 0.6) is 0 Å². The van der Waals surface area contributed by atoms with E-state index in [0.29, 0.717) is 16.9 Å². The highest BCUT2D eigenvalue weighted by molar-refractivity contribution is 5.92. The number of carbonyl (C=O) groups is 2. The molecule has 3 N–H and O–H groups in total. The van der Waals surface area contributed by atoms with E-state index in [-0.39, 0.29) is 13.2 Å². The highest BCUT2D eigenvalue weighted by Gasteiger charge is 2.22. The Balaban J connectivity index is 1.55. The lowest BCUT2D eigenvalue weighted by molar-refractivity contribution is 0.126. The minimum atomic E-state index is -0.802. The summed E-state index contributed by atoms with van der Waals surface area (Å²) in [6.07, 6.45) is -1.57. The summed E-state index contributed by atoms with van der Waals surface area (Å²) in [6.45, 7) is 0.0913. The van der Waals surface area contributed by atoms with Crippen LogP contribution in [0.1, 0.15) is 11.1 Å². The average Bonchev–Trinajstić information content (AvgIpc) is 2.91. The molecule has 0 unspecified atom stereocenters. The molecule has 35 heavy (non-hydrogen) atoms. The molecule has 0 aliphatic carbocycles. The summed E-state index contributed by atoms with van der Waals surface area (Å²) < 4.78 is 10.8. The minimum Gasteiger partial charge on any atom is -0.443 e. The number of benzene rings is 4. The second-order valence-electron chi connectivity index (χ2n) is 7.69. The lowest BCUT2D eigenvalue weighted by Gasteiger charge is -2.23. The molecular weight excluding hydrogens is 442 g/mol. The number of hydrazine groups is 1. The second-order valence-corrected chi connectivity index (χ2v) is 7.69. The number of nitrogens with one attached hydrogen (secondary N) is 1. The molecule has 4 aromatic rings. The topological polar surface area (TPSA) is 93.9 Å². The van der Waals surface area contributed by atoms with Crippen LogP contribution < -0.4 is 16.2 Å². The summed E-state index contributed by atoms with van der Waals surface area (Å²) in [5.74, 6) is 0. The van der Waals surface area contributed by atoms with E-state index in [0.717, 1.165) is 21.7 Å². The molecule has 0 saturated carbocycles. The molecule has 4 rings (SSSR count). The van der Waals surface area contributed by atoms with Crippen LogP contribution in [0.3, 0.4) is 0 Å². The van der Waals surface area contributed by atoms with Crippen LogP contribution in [-0.4, -0.2) is 12.2 Å². The average molecular weight is 468 g/mol. The van der Waals surface area contributed by atoms with Gasteiger partial charge in [0.25, 0.3) is 0 Å². The van der Waals surface area contributed by atoms with Gasteiger partial charge < -0.3 is 15.2 Å². The maximum atomic E-state index is 13.1. The van der Waals surface area contributed by atoms with Crippen LogP contribution in [0.2, 0.25) is 0 Å². The minimum absolute atomic E-state index is 0.0391. The van der Waals surface area contributed by atoms with Crippen molar-refractivity contribution in [3.63, 3.8) is 0 Å². The number of nitrogens with two attached hydrogens (primary N) is 1. The van der Waals surface area contributed by atoms with Crippen molar-refractivity contribution in [3.05, 3.63) is 120 Å². The second kappa shape index (κ2) is 11.4. The van der Waals surface area contributed by atoms with Gasteiger partial charge in [-0.25, -0.2) is 15.0 Å². The van der Waals surface area contributed by atoms with Gasteiger partial charge in [-0.1, -0.05) is 91.0 Å². The van der Waals surface area contributed by atoms with Gasteiger partial charge in [0.2, 0.25) is 0 Å². The van der Waals surface area contributed by atoms with Crippen LogP contribution in [0, 0.1) is 0 Å². The van der Waals surface area contributed by atoms with Crippen LogP contribution >= 0.6 is 0 Å². The Morgan fingerprint density at radius 3 is 1.86 bits per heavy atom. The van der Waals surface area contributed by atoms with Gasteiger partial charge in [0.1, 0.15) is 13.2 Å². The molecule has 0 spiro atoms. The number of nitrogen functional groups attached to an aromatic ring is 1. The fourth-order valence-electron chi connectivity index (χ4n) is 3.40. The summed E-state index contributed by atoms with van der Waals surface area (Å²) in [5.41, 5.74) is 12.8. The molecule has 4 aromatic carbocycles. The maximum absolute atomic E-state index is 13.1. The molecule has 0 radical (unpaired) electrons. The monoisotopic (exact) mass is 467 g/mol. The molecule has 0 saturated heterocycles. The molecule has 0 aliphatic rings. The van der Waals surface area contributed by atoms with Crippen molar-refractivity contribution in [2.75, 3.05) is 10.7 Å². The molecule has 0 aliphatic heterocycles. The first-order chi connectivity index (χ1) is 17.1. The summed E-state index contributed by atoms with van der Waals surface area (Å²) in [6, 6.07) is 33.1. The van der Waals surface area contributed by atoms with Gasteiger partial charge in [-0.3, -0.25) is 0 Å². The normalized spacial score (nSPS) is 10.3. The molecule has 0 heterocycles. The lowest BCUT2D eigenvalue weighted by Crippen LogP contribution is -2.47. The number of hydrogen-bond donors (Lipinski definition) is 2. The van der Waals surface area contributed by atoms with Crippen molar-refractivity contribution in [2.45, 2.75) is 13.2 Å². The van der Waals surface area contributed by atoms with Gasteiger partial charge in [-0.15, -0.1) is 0 Å². The quantitative estimate of drug-likeness (QED) is 0.271. The molecule has 2 amide bonds. The summed E-state index contributed by atoms with van der Waals surface area (Å²) >= 11 is 0. The largest absolute Gasteiger partial charge is 0.443 e. The van der Waals surface area contributed by atoms with Crippen molar-refractivity contribution < 1.29 is 19.1 Å². The van der Waals surface area contributed by atoms with Gasteiger partial charge in [-0.05, 0) is 34.9 Å². The molecule has 7 heteroatoms. The standard InChI is InChI=1S/C28H25N3O4/c29-26-17-16-24(18-25(26)23-14-8-3-9-15-23)31(28(33)35-20-22-12-6-2-7-13-22)30-27(32)34-19-21-10-4-1-5-11-21/h1-18H,19-20,29H2,(H,30,32). The van der Waals surface area contributed by atoms with E-state index in [4.69, 9.17) is 15.2 Å². The third kappa shape index (κ3) is 6.39. The van der Waals surface area contributed by atoms with E-state index in [1.165, 1.54) is 0 Å². The lowest BCUT2D eigenvalue weighted by atomic mass is 10.0. The van der Waals surface area contributed by atoms with Crippen LogP contribution in [0.4, 0.5) is 21.0 Å². The smallest absolute Gasteiger partial charge is 0.433 e. The van der Waals surface area contributed by atoms with Gasteiger partial charge in [-0.2, -0.15) is 5.01 Å². The van der Waals surface area contributed by atoms with Gasteiger partial charge in [0.15, 0.2) is 0 Å². The van der Waals surface area contributed by atoms with Crippen molar-refractivity contribution >= 4 is 23.6 Å². The Hall–Kier alpha value is -4.78. The molecule has 7 nitrogen and oxygen atoms in total. The van der Waals surface area contributed by atoms with Gasteiger partial charge in [0, 0.05) is 11.3 Å². The Bertz CT molecular complexity index is 1270. The Morgan fingerprint density at radius 1 is 0.714 bits per heavy atom. The Labute approximate surface area is 203 Å². The number of rotatable bonds is 6. The molecule has 0 aromatic heterocycles. The number of amides is 2. The summed E-state index contributed by atoms with van der Waals surface area (Å²) in [5, 5.41) is 1.02. The zero-order chi connectivity index (χ0) is 24.5. The predicted molar refractivity (Wildman–Crippen MR) is 135 cm³/mol. The van der Waals surface area contributed by atoms with Crippen molar-refractivity contribution in [2.24, 2.45) is 0 Å². The van der Waals surface area contributed by atoms with Crippen LogP contribution in [0.15, 0.2) is 109 Å². The third-order valence-corrected chi connectivity index (χ3v) is 5.18. The molecule has 0 bridgehead atoms. The zero-order valence-electron chi connectivity index (χ0n) is 19.0. The number of hydrogen-bond acceptors (Lipinski definition) is 5. The Morgan fingerprint density at radius 2 is 1.26 bits per heavy atom. The SMILES string of the molecule is Nc1ccc(N(NC(=O)OCc2ccccc2)C(=O)OCc2ccccc2)cc1-c1ccccc1. The fourth-order valence-corrected chi connectivity index (χ4v) is 3.40. The van der Waals surface area contributed by atoms with Crippen molar-refractivity contribution in [3.8, 4) is 11.1 Å². The van der Waals surface area contributed by atoms with E-state index in [1.807, 2.05) is 91.0 Å². The molecule has 0 atom stereocenters. The molecule has 176 valence electrons.